The molecule has 0 saturated heterocycles. The minimum absolute atomic E-state index is 0.136. The number of pyridine rings is 1. The maximum absolute atomic E-state index is 14.4. The van der Waals surface area contributed by atoms with Crippen LogP contribution in [0.1, 0.15) is 53.9 Å². The van der Waals surface area contributed by atoms with Crippen LogP contribution in [0, 0.1) is 17.1 Å². The van der Waals surface area contributed by atoms with Gasteiger partial charge in [0.05, 0.1) is 11.4 Å². The van der Waals surface area contributed by atoms with Crippen molar-refractivity contribution in [2.45, 2.75) is 31.4 Å². The summed E-state index contributed by atoms with van der Waals surface area (Å²) < 4.78 is 23.8. The number of carbonyl (C=O) groups excluding carboxylic acids is 1. The van der Waals surface area contributed by atoms with Gasteiger partial charge in [-0.05, 0) is 37.6 Å². The molecule has 36 heavy (non-hydrogen) atoms. The van der Waals surface area contributed by atoms with E-state index < -0.39 is 23.9 Å². The van der Waals surface area contributed by atoms with Crippen molar-refractivity contribution in [1.82, 2.24) is 24.5 Å². The SMILES string of the molecule is C[C@H]1Oc2cc(cnc2N)-c2c(C#N)nn3c2[C@H](C[C@@H]3C(N)=O)c2cn(C)nc2-c2ccc(F)cc21. The zero-order valence-electron chi connectivity index (χ0n) is 19.4. The Morgan fingerprint density at radius 3 is 2.83 bits per heavy atom. The van der Waals surface area contributed by atoms with Crippen LogP contribution in [0.25, 0.3) is 22.4 Å². The minimum Gasteiger partial charge on any atom is -0.482 e. The Morgan fingerprint density at radius 1 is 1.28 bits per heavy atom. The first-order valence-electron chi connectivity index (χ1n) is 11.3. The number of benzene rings is 1. The summed E-state index contributed by atoms with van der Waals surface area (Å²) in [5.41, 5.74) is 16.5. The maximum atomic E-state index is 14.4. The van der Waals surface area contributed by atoms with Crippen LogP contribution in [0.4, 0.5) is 10.2 Å². The lowest BCUT2D eigenvalue weighted by Gasteiger charge is -2.21. The van der Waals surface area contributed by atoms with Crippen LogP contribution < -0.4 is 16.2 Å². The molecule has 0 saturated carbocycles. The Balaban J connectivity index is 1.74. The Morgan fingerprint density at radius 2 is 2.08 bits per heavy atom. The quantitative estimate of drug-likeness (QED) is 0.421. The van der Waals surface area contributed by atoms with Gasteiger partial charge in [0.15, 0.2) is 17.3 Å². The minimum atomic E-state index is -0.756. The Kier molecular flexibility index (Phi) is 4.63. The molecule has 2 bridgehead atoms. The van der Waals surface area contributed by atoms with Gasteiger partial charge >= 0.3 is 0 Å². The van der Waals surface area contributed by atoms with Crippen molar-refractivity contribution >= 4 is 11.7 Å². The standard InChI is InChI=1S/C25H21FN8O2/c1-11-15-6-13(26)3-4-14(15)22-17(10-33(2)32-22)16-7-19(25(29)35)34-23(16)21(18(8-27)31-34)12-5-20(36-11)24(28)30-9-12/h3-6,9-11,16,19H,7H2,1-2H3,(H2,28,30)(H2,29,35)/t11-,16-,19-/m1/s1. The number of carbonyl (C=O) groups is 1. The van der Waals surface area contributed by atoms with Crippen molar-refractivity contribution in [2.24, 2.45) is 12.8 Å². The van der Waals surface area contributed by atoms with E-state index in [1.54, 1.807) is 37.0 Å². The Hall–Kier alpha value is -4.72. The van der Waals surface area contributed by atoms with E-state index >= 15 is 0 Å². The maximum Gasteiger partial charge on any atom is 0.242 e. The van der Waals surface area contributed by atoms with Crippen LogP contribution in [0.3, 0.4) is 0 Å². The molecule has 180 valence electrons. The largest absolute Gasteiger partial charge is 0.482 e. The second kappa shape index (κ2) is 7.64. The van der Waals surface area contributed by atoms with Gasteiger partial charge in [-0.3, -0.25) is 14.2 Å². The zero-order chi connectivity index (χ0) is 25.3. The van der Waals surface area contributed by atoms with Crippen LogP contribution in [-0.4, -0.2) is 30.5 Å². The summed E-state index contributed by atoms with van der Waals surface area (Å²) in [4.78, 5) is 16.7. The van der Waals surface area contributed by atoms with Crippen molar-refractivity contribution in [3.8, 4) is 34.2 Å². The molecule has 4 N–H and O–H groups in total. The highest BCUT2D eigenvalue weighted by molar-refractivity contribution is 5.83. The van der Waals surface area contributed by atoms with E-state index in [1.807, 2.05) is 6.20 Å². The second-order valence-corrected chi connectivity index (χ2v) is 9.08. The van der Waals surface area contributed by atoms with Crippen LogP contribution in [0.5, 0.6) is 5.75 Å². The first kappa shape index (κ1) is 21.8. The molecular weight excluding hydrogens is 463 g/mol. The fraction of sp³-hybridized carbons (Fsp3) is 0.240. The molecule has 10 nitrogen and oxygen atoms in total. The lowest BCUT2D eigenvalue weighted by Crippen LogP contribution is -2.24. The van der Waals surface area contributed by atoms with E-state index in [-0.39, 0.29) is 23.2 Å². The number of rotatable bonds is 1. The summed E-state index contributed by atoms with van der Waals surface area (Å²) in [5, 5.41) is 19.1. The van der Waals surface area contributed by atoms with E-state index in [9.17, 15) is 14.4 Å². The summed E-state index contributed by atoms with van der Waals surface area (Å²) in [5.74, 6) is -0.912. The molecule has 0 fully saturated rings. The molecule has 6 rings (SSSR count). The molecular formula is C25H21FN8O2. The number of nitrogen functional groups attached to an aromatic ring is 1. The number of amides is 1. The molecule has 2 aliphatic heterocycles. The molecule has 0 spiro atoms. The van der Waals surface area contributed by atoms with E-state index in [0.717, 1.165) is 5.56 Å². The van der Waals surface area contributed by atoms with Crippen molar-refractivity contribution < 1.29 is 13.9 Å². The van der Waals surface area contributed by atoms with Gasteiger partial charge in [-0.25, -0.2) is 9.37 Å². The number of ether oxygens (including phenoxy) is 1. The Bertz CT molecular complexity index is 1610. The van der Waals surface area contributed by atoms with Gasteiger partial charge < -0.3 is 16.2 Å². The highest BCUT2D eigenvalue weighted by atomic mass is 19.1. The third-order valence-electron chi connectivity index (χ3n) is 6.88. The van der Waals surface area contributed by atoms with Gasteiger partial charge in [0.25, 0.3) is 0 Å². The molecule has 0 unspecified atom stereocenters. The number of hydrogen-bond acceptors (Lipinski definition) is 7. The summed E-state index contributed by atoms with van der Waals surface area (Å²) in [6, 6.07) is 7.53. The molecule has 5 heterocycles. The molecule has 3 atom stereocenters. The van der Waals surface area contributed by atoms with Gasteiger partial charge in [0, 0.05) is 53.2 Å². The molecule has 1 amide bonds. The molecule has 11 heteroatoms. The van der Waals surface area contributed by atoms with E-state index in [0.29, 0.717) is 40.1 Å². The fourth-order valence-corrected chi connectivity index (χ4v) is 5.32. The second-order valence-electron chi connectivity index (χ2n) is 9.08. The van der Waals surface area contributed by atoms with Crippen molar-refractivity contribution in [2.75, 3.05) is 5.73 Å². The molecule has 2 aliphatic rings. The highest BCUT2D eigenvalue weighted by Crippen LogP contribution is 2.49. The Labute approximate surface area is 204 Å². The number of hydrogen-bond donors (Lipinski definition) is 2. The van der Waals surface area contributed by atoms with Gasteiger partial charge in [0.1, 0.15) is 24.0 Å². The lowest BCUT2D eigenvalue weighted by atomic mass is 9.86. The number of aromatic nitrogens is 5. The number of nitriles is 1. The summed E-state index contributed by atoms with van der Waals surface area (Å²) in [7, 11) is 1.79. The van der Waals surface area contributed by atoms with Crippen LogP contribution in [-0.2, 0) is 11.8 Å². The van der Waals surface area contributed by atoms with Crippen LogP contribution in [0.15, 0.2) is 36.7 Å². The van der Waals surface area contributed by atoms with Gasteiger partial charge in [-0.15, -0.1) is 0 Å². The molecule has 0 aliphatic carbocycles. The third-order valence-corrected chi connectivity index (χ3v) is 6.88. The predicted octanol–water partition coefficient (Wildman–Crippen LogP) is 2.95. The lowest BCUT2D eigenvalue weighted by molar-refractivity contribution is -0.121. The number of primary amides is 1. The number of aryl methyl sites for hydroxylation is 1. The summed E-state index contributed by atoms with van der Waals surface area (Å²) in [6.07, 6.45) is 3.15. The summed E-state index contributed by atoms with van der Waals surface area (Å²) in [6.45, 7) is 1.79. The monoisotopic (exact) mass is 484 g/mol. The van der Waals surface area contributed by atoms with Crippen LogP contribution >= 0.6 is 0 Å². The average Bonchev–Trinajstić information content (AvgIpc) is 3.51. The van der Waals surface area contributed by atoms with Gasteiger partial charge in [-0.1, -0.05) is 0 Å². The van der Waals surface area contributed by atoms with Gasteiger partial charge in [0.2, 0.25) is 5.91 Å². The number of anilines is 1. The highest BCUT2D eigenvalue weighted by Gasteiger charge is 2.42. The molecule has 3 aromatic heterocycles. The van der Waals surface area contributed by atoms with E-state index in [4.69, 9.17) is 21.3 Å². The third kappa shape index (κ3) is 3.07. The van der Waals surface area contributed by atoms with Crippen LogP contribution in [0.2, 0.25) is 0 Å². The van der Waals surface area contributed by atoms with Crippen molar-refractivity contribution in [3.63, 3.8) is 0 Å². The first-order chi connectivity index (χ1) is 17.3. The average molecular weight is 484 g/mol. The predicted molar refractivity (Wildman–Crippen MR) is 127 cm³/mol. The molecule has 1 aromatic carbocycles. The van der Waals surface area contributed by atoms with Crippen molar-refractivity contribution in [3.05, 3.63) is 65.0 Å². The number of nitrogens with zero attached hydrogens (tertiary/aromatic N) is 6. The fourth-order valence-electron chi connectivity index (χ4n) is 5.32. The number of nitrogens with two attached hydrogens (primary N) is 2. The zero-order valence-corrected chi connectivity index (χ0v) is 19.4. The van der Waals surface area contributed by atoms with Gasteiger partial charge in [-0.2, -0.15) is 15.5 Å². The van der Waals surface area contributed by atoms with Crippen molar-refractivity contribution in [1.29, 1.82) is 5.26 Å². The van der Waals surface area contributed by atoms with E-state index in [1.165, 1.54) is 16.8 Å². The summed E-state index contributed by atoms with van der Waals surface area (Å²) >= 11 is 0. The molecule has 0 radical (unpaired) electrons. The van der Waals surface area contributed by atoms with E-state index in [2.05, 4.69) is 16.2 Å². The smallest absolute Gasteiger partial charge is 0.242 e. The molecule has 4 aromatic rings. The topological polar surface area (TPSA) is 151 Å². The number of fused-ring (bicyclic) bond motifs is 7. The first-order valence-corrected chi connectivity index (χ1v) is 11.3. The normalized spacial score (nSPS) is 19.7. The number of halogens is 1.